The van der Waals surface area contributed by atoms with E-state index >= 15 is 0 Å². The van der Waals surface area contributed by atoms with Crippen LogP contribution in [0.2, 0.25) is 0 Å². The van der Waals surface area contributed by atoms with Crippen LogP contribution in [0.5, 0.6) is 5.75 Å². The fourth-order valence-electron chi connectivity index (χ4n) is 6.56. The van der Waals surface area contributed by atoms with Crippen molar-refractivity contribution < 1.29 is 9.26 Å². The molecule has 2 heterocycles. The van der Waals surface area contributed by atoms with Crippen LogP contribution in [-0.2, 0) is 0 Å². The fraction of sp³-hybridized carbons (Fsp3) is 0.542. The lowest BCUT2D eigenvalue weighted by atomic mass is 9.53. The van der Waals surface area contributed by atoms with Crippen molar-refractivity contribution >= 4 is 21.6 Å². The van der Waals surface area contributed by atoms with Crippen molar-refractivity contribution in [3.63, 3.8) is 0 Å². The monoisotopic (exact) mass is 408 g/mol. The molecule has 7 rings (SSSR count). The van der Waals surface area contributed by atoms with Crippen LogP contribution in [0, 0.1) is 17.8 Å². The molecule has 4 bridgehead atoms. The number of hydrogen-bond donors (Lipinski definition) is 1. The average Bonchev–Trinajstić information content (AvgIpc) is 3.30. The number of nitrogens with one attached hydrogen (secondary N) is 1. The second-order valence-corrected chi connectivity index (χ2v) is 10.4. The van der Waals surface area contributed by atoms with Gasteiger partial charge in [-0.25, -0.2) is 0 Å². The Labute approximate surface area is 175 Å². The molecule has 0 saturated heterocycles. The van der Waals surface area contributed by atoms with Crippen LogP contribution in [-0.4, -0.2) is 23.8 Å². The zero-order chi connectivity index (χ0) is 19.3. The van der Waals surface area contributed by atoms with Crippen molar-refractivity contribution in [2.24, 2.45) is 17.8 Å². The molecule has 152 valence electrons. The summed E-state index contributed by atoms with van der Waals surface area (Å²) >= 11 is 1.60. The Hall–Kier alpha value is -1.85. The quantitative estimate of drug-likeness (QED) is 0.496. The van der Waals surface area contributed by atoms with Crippen LogP contribution in [0.15, 0.2) is 40.2 Å². The van der Waals surface area contributed by atoms with E-state index in [4.69, 9.17) is 9.26 Å². The molecule has 4 aliphatic carbocycles. The van der Waals surface area contributed by atoms with Gasteiger partial charge in [0.25, 0.3) is 0 Å². The molecule has 3 aromatic rings. The van der Waals surface area contributed by atoms with Crippen LogP contribution < -0.4 is 10.1 Å². The third-order valence-electron chi connectivity index (χ3n) is 7.33. The number of rotatable bonds is 7. The standard InChI is InChI=1S/C24H28N2O2S/c1-3-19(22-21-5-8-29-23(21)26-28-22)12-20(4-1)27-7-2-6-25-24-13-16-9-17(14-24)11-18(10-16)15-24/h1,3-5,8,12,16-18,25H,2,6-7,9-11,13-15H2. The first-order valence-electron chi connectivity index (χ1n) is 11.1. The highest BCUT2D eigenvalue weighted by Gasteiger charge is 2.50. The SMILES string of the molecule is c1cc(OCCCNC23CC4CC(CC(C4)C2)C3)cc(-c2onc3sccc23)c1. The van der Waals surface area contributed by atoms with Crippen molar-refractivity contribution in [3.8, 4) is 17.1 Å². The number of aromatic nitrogens is 1. The van der Waals surface area contributed by atoms with Crippen molar-refractivity contribution in [2.45, 2.75) is 50.5 Å². The lowest BCUT2D eigenvalue weighted by molar-refractivity contribution is -0.0198. The minimum absolute atomic E-state index is 0.451. The maximum Gasteiger partial charge on any atom is 0.175 e. The Bertz CT molecular complexity index is 972. The molecule has 0 atom stereocenters. The summed E-state index contributed by atoms with van der Waals surface area (Å²) in [7, 11) is 0. The van der Waals surface area contributed by atoms with E-state index in [2.05, 4.69) is 28.7 Å². The van der Waals surface area contributed by atoms with Gasteiger partial charge in [0.15, 0.2) is 10.6 Å². The summed E-state index contributed by atoms with van der Waals surface area (Å²) in [6.07, 6.45) is 9.79. The second kappa shape index (κ2) is 7.13. The molecule has 0 radical (unpaired) electrons. The van der Waals surface area contributed by atoms with Gasteiger partial charge in [0, 0.05) is 11.1 Å². The summed E-state index contributed by atoms with van der Waals surface area (Å²) in [5, 5.41) is 11.2. The fourth-order valence-corrected chi connectivity index (χ4v) is 7.26. The van der Waals surface area contributed by atoms with E-state index in [9.17, 15) is 0 Å². The summed E-state index contributed by atoms with van der Waals surface area (Å²) < 4.78 is 11.6. The smallest absolute Gasteiger partial charge is 0.175 e. The van der Waals surface area contributed by atoms with E-state index in [0.717, 1.165) is 64.6 Å². The summed E-state index contributed by atoms with van der Waals surface area (Å²) in [4.78, 5) is 0.946. The maximum absolute atomic E-state index is 6.06. The third kappa shape index (κ3) is 3.38. The summed E-state index contributed by atoms with van der Waals surface area (Å²) in [5.74, 6) is 4.72. The largest absolute Gasteiger partial charge is 0.494 e. The highest BCUT2D eigenvalue weighted by Crippen LogP contribution is 2.55. The highest BCUT2D eigenvalue weighted by molar-refractivity contribution is 7.16. The predicted octanol–water partition coefficient (Wildman–Crippen LogP) is 5.88. The molecule has 4 aliphatic rings. The first-order chi connectivity index (χ1) is 14.3. The van der Waals surface area contributed by atoms with Crippen LogP contribution >= 0.6 is 11.3 Å². The number of fused-ring (bicyclic) bond motifs is 1. The Balaban J connectivity index is 1.03. The van der Waals surface area contributed by atoms with Gasteiger partial charge in [0.05, 0.1) is 12.0 Å². The first-order valence-corrected chi connectivity index (χ1v) is 12.0. The highest BCUT2D eigenvalue weighted by atomic mass is 32.1. The molecule has 0 aliphatic heterocycles. The second-order valence-electron chi connectivity index (χ2n) is 9.51. The molecule has 4 saturated carbocycles. The maximum atomic E-state index is 6.06. The van der Waals surface area contributed by atoms with Crippen molar-refractivity contribution in [1.82, 2.24) is 10.5 Å². The lowest BCUT2D eigenvalue weighted by Crippen LogP contribution is -2.58. The summed E-state index contributed by atoms with van der Waals surface area (Å²) in [6, 6.07) is 10.2. The van der Waals surface area contributed by atoms with Gasteiger partial charge in [-0.15, -0.1) is 11.3 Å². The molecule has 4 fully saturated rings. The minimum Gasteiger partial charge on any atom is -0.494 e. The van der Waals surface area contributed by atoms with Crippen molar-refractivity contribution in [2.75, 3.05) is 13.2 Å². The van der Waals surface area contributed by atoms with E-state index in [0.29, 0.717) is 5.54 Å². The van der Waals surface area contributed by atoms with Crippen LogP contribution in [0.4, 0.5) is 0 Å². The Morgan fingerprint density at radius 1 is 1.10 bits per heavy atom. The molecule has 5 heteroatoms. The van der Waals surface area contributed by atoms with Gasteiger partial charge in [-0.05, 0) is 92.8 Å². The Kier molecular flexibility index (Phi) is 4.42. The van der Waals surface area contributed by atoms with E-state index in [1.165, 1.54) is 38.5 Å². The minimum atomic E-state index is 0.451. The number of nitrogens with zero attached hydrogens (tertiary/aromatic N) is 1. The normalized spacial score (nSPS) is 30.3. The van der Waals surface area contributed by atoms with Gasteiger partial charge in [-0.3, -0.25) is 0 Å². The van der Waals surface area contributed by atoms with Gasteiger partial charge >= 0.3 is 0 Å². The van der Waals surface area contributed by atoms with Gasteiger partial charge in [0.2, 0.25) is 0 Å². The summed E-state index contributed by atoms with van der Waals surface area (Å²) in [5.41, 5.74) is 1.47. The topological polar surface area (TPSA) is 47.3 Å². The molecule has 4 nitrogen and oxygen atoms in total. The average molecular weight is 409 g/mol. The molecule has 0 amide bonds. The van der Waals surface area contributed by atoms with E-state index in [1.54, 1.807) is 11.3 Å². The molecule has 0 unspecified atom stereocenters. The Morgan fingerprint density at radius 2 is 1.90 bits per heavy atom. The zero-order valence-electron chi connectivity index (χ0n) is 16.7. The molecule has 29 heavy (non-hydrogen) atoms. The molecular formula is C24H28N2O2S. The third-order valence-corrected chi connectivity index (χ3v) is 8.12. The number of benzene rings is 1. The summed E-state index contributed by atoms with van der Waals surface area (Å²) in [6.45, 7) is 1.80. The van der Waals surface area contributed by atoms with Crippen molar-refractivity contribution in [3.05, 3.63) is 35.7 Å². The Morgan fingerprint density at radius 3 is 2.69 bits per heavy atom. The molecular weight excluding hydrogens is 380 g/mol. The van der Waals surface area contributed by atoms with Crippen LogP contribution in [0.3, 0.4) is 0 Å². The van der Waals surface area contributed by atoms with Crippen molar-refractivity contribution in [1.29, 1.82) is 0 Å². The molecule has 1 aromatic carbocycles. The molecule has 0 spiro atoms. The lowest BCUT2D eigenvalue weighted by Gasteiger charge is -2.57. The van der Waals surface area contributed by atoms with Gasteiger partial charge in [0.1, 0.15) is 5.75 Å². The van der Waals surface area contributed by atoms with Crippen LogP contribution in [0.25, 0.3) is 21.5 Å². The number of thiophene rings is 1. The van der Waals surface area contributed by atoms with E-state index in [-0.39, 0.29) is 0 Å². The molecule has 2 aromatic heterocycles. The predicted molar refractivity (Wildman–Crippen MR) is 116 cm³/mol. The zero-order valence-corrected chi connectivity index (χ0v) is 17.5. The first kappa shape index (κ1) is 18.0. The van der Waals surface area contributed by atoms with Gasteiger partial charge in [-0.2, -0.15) is 0 Å². The van der Waals surface area contributed by atoms with Gasteiger partial charge in [-0.1, -0.05) is 17.3 Å². The number of ether oxygens (including phenoxy) is 1. The van der Waals surface area contributed by atoms with E-state index in [1.807, 2.05) is 17.5 Å². The molecule has 1 N–H and O–H groups in total. The van der Waals surface area contributed by atoms with E-state index < -0.39 is 0 Å². The van der Waals surface area contributed by atoms with Gasteiger partial charge < -0.3 is 14.6 Å². The van der Waals surface area contributed by atoms with Crippen LogP contribution in [0.1, 0.15) is 44.9 Å². The number of hydrogen-bond acceptors (Lipinski definition) is 5.